The second kappa shape index (κ2) is 7.22. The third-order valence-electron chi connectivity index (χ3n) is 3.78. The molecule has 1 heterocycles. The van der Waals surface area contributed by atoms with Gasteiger partial charge in [0.25, 0.3) is 0 Å². The van der Waals surface area contributed by atoms with Crippen molar-refractivity contribution in [2.24, 2.45) is 11.8 Å². The van der Waals surface area contributed by atoms with Crippen molar-refractivity contribution in [3.05, 3.63) is 29.8 Å². The van der Waals surface area contributed by atoms with E-state index in [0.29, 0.717) is 12.5 Å². The van der Waals surface area contributed by atoms with E-state index in [1.165, 1.54) is 0 Å². The molecular formula is C16H22N2O3. The van der Waals surface area contributed by atoms with Crippen LogP contribution < -0.4 is 10.6 Å². The summed E-state index contributed by atoms with van der Waals surface area (Å²) in [6.07, 6.45) is 0.222. The highest BCUT2D eigenvalue weighted by Gasteiger charge is 2.28. The van der Waals surface area contributed by atoms with Crippen LogP contribution in [0.5, 0.6) is 0 Å². The molecule has 1 fully saturated rings. The van der Waals surface area contributed by atoms with E-state index in [-0.39, 0.29) is 24.2 Å². The molecular weight excluding hydrogens is 268 g/mol. The lowest BCUT2D eigenvalue weighted by Crippen LogP contribution is -2.48. The fourth-order valence-electron chi connectivity index (χ4n) is 2.27. The van der Waals surface area contributed by atoms with E-state index in [1.54, 1.807) is 6.92 Å². The van der Waals surface area contributed by atoms with Crippen LogP contribution in [0.25, 0.3) is 0 Å². The van der Waals surface area contributed by atoms with E-state index >= 15 is 0 Å². The fraction of sp³-hybridized carbons (Fsp3) is 0.500. The van der Waals surface area contributed by atoms with E-state index in [9.17, 15) is 9.59 Å². The largest absolute Gasteiger partial charge is 0.466 e. The predicted octanol–water partition coefficient (Wildman–Crippen LogP) is 1.59. The van der Waals surface area contributed by atoms with Crippen LogP contribution in [-0.2, 0) is 20.7 Å². The molecule has 1 amide bonds. The second-order valence-corrected chi connectivity index (χ2v) is 5.38. The molecule has 0 aromatic heterocycles. The number of carbonyl (C=O) groups excluding carboxylic acids is 2. The Bertz CT molecular complexity index is 512. The summed E-state index contributed by atoms with van der Waals surface area (Å²) in [7, 11) is 0. The molecule has 1 atom stereocenters. The molecule has 0 bridgehead atoms. The van der Waals surface area contributed by atoms with Crippen LogP contribution in [0.3, 0.4) is 0 Å². The Morgan fingerprint density at radius 2 is 2.19 bits per heavy atom. The lowest BCUT2D eigenvalue weighted by Gasteiger charge is -2.31. The Hall–Kier alpha value is -1.88. The molecule has 0 spiro atoms. The van der Waals surface area contributed by atoms with Crippen molar-refractivity contribution >= 4 is 17.6 Å². The first kappa shape index (κ1) is 15.5. The summed E-state index contributed by atoms with van der Waals surface area (Å²) in [6, 6.07) is 7.34. The standard InChI is InChI=1S/C16H22N2O3/c1-3-21-15(19)8-12-5-4-6-14(7-12)18-16(20)11(2)13-9-17-10-13/h4-7,11,13,17H,3,8-10H2,1-2H3,(H,18,20). The monoisotopic (exact) mass is 290 g/mol. The summed E-state index contributed by atoms with van der Waals surface area (Å²) in [5.74, 6) is 0.164. The molecule has 114 valence electrons. The van der Waals surface area contributed by atoms with Gasteiger partial charge in [0.05, 0.1) is 13.0 Å². The topological polar surface area (TPSA) is 67.4 Å². The van der Waals surface area contributed by atoms with Crippen molar-refractivity contribution in [2.45, 2.75) is 20.3 Å². The molecule has 1 aliphatic rings. The van der Waals surface area contributed by atoms with Crippen LogP contribution >= 0.6 is 0 Å². The molecule has 1 aromatic carbocycles. The molecule has 21 heavy (non-hydrogen) atoms. The van der Waals surface area contributed by atoms with Gasteiger partial charge < -0.3 is 15.4 Å². The van der Waals surface area contributed by atoms with E-state index in [1.807, 2.05) is 31.2 Å². The van der Waals surface area contributed by atoms with Gasteiger partial charge >= 0.3 is 5.97 Å². The Morgan fingerprint density at radius 3 is 2.81 bits per heavy atom. The molecule has 1 saturated heterocycles. The van der Waals surface area contributed by atoms with Crippen LogP contribution in [0, 0.1) is 11.8 Å². The van der Waals surface area contributed by atoms with Gasteiger partial charge in [-0.3, -0.25) is 9.59 Å². The maximum absolute atomic E-state index is 12.2. The molecule has 5 heteroatoms. The van der Waals surface area contributed by atoms with Crippen LogP contribution in [-0.4, -0.2) is 31.6 Å². The quantitative estimate of drug-likeness (QED) is 0.781. The third kappa shape index (κ3) is 4.29. The van der Waals surface area contributed by atoms with Crippen molar-refractivity contribution in [1.82, 2.24) is 5.32 Å². The minimum absolute atomic E-state index is 0.0139. The van der Waals surface area contributed by atoms with Gasteiger partial charge in [-0.1, -0.05) is 19.1 Å². The zero-order valence-corrected chi connectivity index (χ0v) is 12.5. The Morgan fingerprint density at radius 1 is 1.43 bits per heavy atom. The molecule has 1 aliphatic heterocycles. The number of anilines is 1. The lowest BCUT2D eigenvalue weighted by molar-refractivity contribution is -0.142. The van der Waals surface area contributed by atoms with Gasteiger partial charge in [0, 0.05) is 11.6 Å². The first-order chi connectivity index (χ1) is 10.1. The summed E-state index contributed by atoms with van der Waals surface area (Å²) >= 11 is 0. The fourth-order valence-corrected chi connectivity index (χ4v) is 2.27. The summed E-state index contributed by atoms with van der Waals surface area (Å²) in [5, 5.41) is 6.09. The highest BCUT2D eigenvalue weighted by molar-refractivity contribution is 5.92. The lowest BCUT2D eigenvalue weighted by atomic mass is 9.88. The highest BCUT2D eigenvalue weighted by Crippen LogP contribution is 2.19. The van der Waals surface area contributed by atoms with E-state index < -0.39 is 0 Å². The number of carbonyl (C=O) groups is 2. The van der Waals surface area contributed by atoms with Crippen LogP contribution in [0.2, 0.25) is 0 Å². The van der Waals surface area contributed by atoms with Crippen molar-refractivity contribution in [2.75, 3.05) is 25.0 Å². The van der Waals surface area contributed by atoms with Crippen molar-refractivity contribution in [3.63, 3.8) is 0 Å². The molecule has 2 N–H and O–H groups in total. The summed E-state index contributed by atoms with van der Waals surface area (Å²) in [5.41, 5.74) is 1.56. The summed E-state index contributed by atoms with van der Waals surface area (Å²) < 4.78 is 4.93. The smallest absolute Gasteiger partial charge is 0.310 e. The Balaban J connectivity index is 1.93. The van der Waals surface area contributed by atoms with Crippen molar-refractivity contribution < 1.29 is 14.3 Å². The number of hydrogen-bond donors (Lipinski definition) is 2. The highest BCUT2D eigenvalue weighted by atomic mass is 16.5. The molecule has 0 radical (unpaired) electrons. The van der Waals surface area contributed by atoms with Gasteiger partial charge in [0.15, 0.2) is 0 Å². The first-order valence-corrected chi connectivity index (χ1v) is 7.36. The van der Waals surface area contributed by atoms with Crippen LogP contribution in [0.1, 0.15) is 19.4 Å². The third-order valence-corrected chi connectivity index (χ3v) is 3.78. The average molecular weight is 290 g/mol. The van der Waals surface area contributed by atoms with E-state index in [0.717, 1.165) is 24.3 Å². The molecule has 5 nitrogen and oxygen atoms in total. The SMILES string of the molecule is CCOC(=O)Cc1cccc(NC(=O)C(C)C2CNC2)c1. The van der Waals surface area contributed by atoms with Crippen LogP contribution in [0.4, 0.5) is 5.69 Å². The van der Waals surface area contributed by atoms with Gasteiger partial charge in [-0.2, -0.15) is 0 Å². The average Bonchev–Trinajstić information content (AvgIpc) is 2.37. The van der Waals surface area contributed by atoms with Gasteiger partial charge in [0.2, 0.25) is 5.91 Å². The maximum atomic E-state index is 12.2. The normalized spacial score (nSPS) is 15.9. The second-order valence-electron chi connectivity index (χ2n) is 5.38. The summed E-state index contributed by atoms with van der Waals surface area (Å²) in [6.45, 7) is 5.91. The minimum atomic E-state index is -0.255. The minimum Gasteiger partial charge on any atom is -0.466 e. The number of ether oxygens (including phenoxy) is 1. The molecule has 2 rings (SSSR count). The number of amides is 1. The Labute approximate surface area is 125 Å². The van der Waals surface area contributed by atoms with E-state index in [2.05, 4.69) is 10.6 Å². The zero-order valence-electron chi connectivity index (χ0n) is 12.5. The predicted molar refractivity (Wildman–Crippen MR) is 80.9 cm³/mol. The van der Waals surface area contributed by atoms with Gasteiger partial charge in [-0.25, -0.2) is 0 Å². The molecule has 0 saturated carbocycles. The molecule has 0 aliphatic carbocycles. The van der Waals surface area contributed by atoms with Gasteiger partial charge in [-0.05, 0) is 43.6 Å². The first-order valence-electron chi connectivity index (χ1n) is 7.36. The number of rotatable bonds is 6. The Kier molecular flexibility index (Phi) is 5.33. The van der Waals surface area contributed by atoms with Gasteiger partial charge in [0.1, 0.15) is 0 Å². The number of nitrogens with one attached hydrogen (secondary N) is 2. The maximum Gasteiger partial charge on any atom is 0.310 e. The zero-order chi connectivity index (χ0) is 15.2. The molecule has 1 aromatic rings. The van der Waals surface area contributed by atoms with Crippen LogP contribution in [0.15, 0.2) is 24.3 Å². The number of hydrogen-bond acceptors (Lipinski definition) is 4. The van der Waals surface area contributed by atoms with Crippen molar-refractivity contribution in [3.8, 4) is 0 Å². The number of benzene rings is 1. The van der Waals surface area contributed by atoms with Crippen molar-refractivity contribution in [1.29, 1.82) is 0 Å². The van der Waals surface area contributed by atoms with E-state index in [4.69, 9.17) is 4.74 Å². The number of esters is 1. The van der Waals surface area contributed by atoms with Gasteiger partial charge in [-0.15, -0.1) is 0 Å². The summed E-state index contributed by atoms with van der Waals surface area (Å²) in [4.78, 5) is 23.6. The molecule has 1 unspecified atom stereocenters.